The van der Waals surface area contributed by atoms with Gasteiger partial charge in [-0.15, -0.1) is 0 Å². The van der Waals surface area contributed by atoms with E-state index in [2.05, 4.69) is 10.3 Å². The normalized spacial score (nSPS) is 15.8. The van der Waals surface area contributed by atoms with Gasteiger partial charge in [-0.2, -0.15) is 0 Å². The fraction of sp³-hybridized carbons (Fsp3) is 0.450. The Hall–Kier alpha value is -3.63. The van der Waals surface area contributed by atoms with Gasteiger partial charge < -0.3 is 30.7 Å². The molecule has 0 unspecified atom stereocenters. The van der Waals surface area contributed by atoms with Crippen molar-refractivity contribution in [1.82, 2.24) is 10.3 Å². The van der Waals surface area contributed by atoms with Crippen LogP contribution in [0.25, 0.3) is 0 Å². The number of H-pyrrole nitrogens is 1. The van der Waals surface area contributed by atoms with Crippen LogP contribution in [0.15, 0.2) is 11.1 Å². The summed E-state index contributed by atoms with van der Waals surface area (Å²) in [5.74, 6) is -4.97. The Kier molecular flexibility index (Phi) is 7.56. The van der Waals surface area contributed by atoms with Crippen LogP contribution in [0.5, 0.6) is 0 Å². The summed E-state index contributed by atoms with van der Waals surface area (Å²) in [6.07, 6.45) is -1.26. The second-order valence-corrected chi connectivity index (χ2v) is 7.35. The summed E-state index contributed by atoms with van der Waals surface area (Å²) in [7, 11) is 0. The van der Waals surface area contributed by atoms with E-state index in [-0.39, 0.29) is 49.7 Å². The van der Waals surface area contributed by atoms with Gasteiger partial charge in [-0.05, 0) is 36.5 Å². The van der Waals surface area contributed by atoms with E-state index >= 15 is 0 Å². The van der Waals surface area contributed by atoms with Crippen molar-refractivity contribution >= 4 is 29.8 Å². The summed E-state index contributed by atoms with van der Waals surface area (Å²) < 4.78 is 0. The number of aromatic nitrogens is 1. The monoisotopic (exact) mass is 436 g/mol. The predicted octanol–water partition coefficient (Wildman–Crippen LogP) is 0.644. The Morgan fingerprint density at radius 1 is 0.839 bits per heavy atom. The first-order valence-electron chi connectivity index (χ1n) is 9.58. The molecule has 0 spiro atoms. The Labute approximate surface area is 176 Å². The molecule has 0 radical (unpaired) electrons. The largest absolute Gasteiger partial charge is 0.481 e. The fourth-order valence-electron chi connectivity index (χ4n) is 3.85. The molecule has 0 bridgehead atoms. The van der Waals surface area contributed by atoms with E-state index in [0.29, 0.717) is 22.5 Å². The van der Waals surface area contributed by atoms with Crippen LogP contribution >= 0.6 is 0 Å². The van der Waals surface area contributed by atoms with Crippen LogP contribution < -0.4 is 5.32 Å². The van der Waals surface area contributed by atoms with Gasteiger partial charge in [0.2, 0.25) is 5.91 Å². The highest BCUT2D eigenvalue weighted by Crippen LogP contribution is 2.29. The SMILES string of the molecule is Cc1[nH]c(C[C@@H]2NC(=O)C(CCC(=O)O)=C2CC(=O)O)c(CCC(=O)O)c1CC(=O)O. The van der Waals surface area contributed by atoms with Crippen LogP contribution in [-0.2, 0) is 43.2 Å². The standard InChI is InChI=1S/C20H24N2O9/c1-9-12(6-18(27)28)10(2-4-16(23)24)14(21-9)8-15-13(7-19(29)30)11(20(31)22-15)3-5-17(25)26/h15,21H,2-8H2,1H3,(H,22,31)(H,23,24)(H,25,26)(H,27,28)(H,29,30)/t15-/m0/s1. The third-order valence-electron chi connectivity index (χ3n) is 5.16. The Bertz CT molecular complexity index is 958. The zero-order valence-electron chi connectivity index (χ0n) is 16.9. The van der Waals surface area contributed by atoms with Crippen LogP contribution in [0.1, 0.15) is 48.2 Å². The van der Waals surface area contributed by atoms with Crippen molar-refractivity contribution in [2.24, 2.45) is 0 Å². The average Bonchev–Trinajstić information content (AvgIpc) is 3.07. The minimum atomic E-state index is -1.18. The number of hydrogen-bond acceptors (Lipinski definition) is 5. The molecule has 11 heteroatoms. The van der Waals surface area contributed by atoms with Crippen LogP contribution in [0.3, 0.4) is 0 Å². The number of nitrogens with one attached hydrogen (secondary N) is 2. The molecule has 168 valence electrons. The first kappa shape index (κ1) is 23.6. The van der Waals surface area contributed by atoms with Crippen molar-refractivity contribution in [1.29, 1.82) is 0 Å². The molecule has 0 aromatic carbocycles. The smallest absolute Gasteiger partial charge is 0.307 e. The topological polar surface area (TPSA) is 194 Å². The molecule has 11 nitrogen and oxygen atoms in total. The number of amides is 1. The van der Waals surface area contributed by atoms with Crippen LogP contribution in [0.4, 0.5) is 0 Å². The lowest BCUT2D eigenvalue weighted by atomic mass is 9.93. The number of carbonyl (C=O) groups is 5. The lowest BCUT2D eigenvalue weighted by molar-refractivity contribution is -0.138. The molecule has 1 aromatic rings. The van der Waals surface area contributed by atoms with Crippen molar-refractivity contribution in [3.8, 4) is 0 Å². The van der Waals surface area contributed by atoms with E-state index < -0.39 is 42.2 Å². The summed E-state index contributed by atoms with van der Waals surface area (Å²) in [4.78, 5) is 60.0. The molecule has 0 saturated heterocycles. The molecule has 0 saturated carbocycles. The summed E-state index contributed by atoms with van der Waals surface area (Å²) in [6, 6.07) is -0.730. The molecule has 2 rings (SSSR count). The zero-order chi connectivity index (χ0) is 23.3. The number of aliphatic carboxylic acids is 4. The molecule has 1 aromatic heterocycles. The Morgan fingerprint density at radius 2 is 1.42 bits per heavy atom. The van der Waals surface area contributed by atoms with E-state index in [1.54, 1.807) is 6.92 Å². The highest BCUT2D eigenvalue weighted by Gasteiger charge is 2.34. The lowest BCUT2D eigenvalue weighted by Gasteiger charge is -2.15. The van der Waals surface area contributed by atoms with Crippen LogP contribution in [0, 0.1) is 6.92 Å². The second kappa shape index (κ2) is 9.92. The lowest BCUT2D eigenvalue weighted by Crippen LogP contribution is -2.31. The molecule has 0 aliphatic carbocycles. The third kappa shape index (κ3) is 6.17. The van der Waals surface area contributed by atoms with E-state index in [0.717, 1.165) is 0 Å². The summed E-state index contributed by atoms with van der Waals surface area (Å²) in [6.45, 7) is 1.66. The number of aryl methyl sites for hydroxylation is 1. The van der Waals surface area contributed by atoms with Gasteiger partial charge in [0, 0.05) is 36.2 Å². The number of carboxylic acid groups (broad SMARTS) is 4. The van der Waals surface area contributed by atoms with Gasteiger partial charge in [-0.25, -0.2) is 0 Å². The van der Waals surface area contributed by atoms with Crippen molar-refractivity contribution in [2.45, 2.75) is 57.9 Å². The highest BCUT2D eigenvalue weighted by atomic mass is 16.4. The van der Waals surface area contributed by atoms with E-state index in [9.17, 15) is 34.2 Å². The number of carbonyl (C=O) groups excluding carboxylic acids is 1. The molecule has 31 heavy (non-hydrogen) atoms. The molecular formula is C20H24N2O9. The first-order chi connectivity index (χ1) is 14.5. The molecule has 1 atom stereocenters. The number of carboxylic acids is 4. The zero-order valence-corrected chi connectivity index (χ0v) is 16.9. The second-order valence-electron chi connectivity index (χ2n) is 7.35. The third-order valence-corrected chi connectivity index (χ3v) is 5.16. The molecular weight excluding hydrogens is 412 g/mol. The highest BCUT2D eigenvalue weighted by molar-refractivity contribution is 5.99. The summed E-state index contributed by atoms with van der Waals surface area (Å²) in [5.41, 5.74) is 2.44. The van der Waals surface area contributed by atoms with Gasteiger partial charge in [0.15, 0.2) is 0 Å². The van der Waals surface area contributed by atoms with E-state index in [1.807, 2.05) is 0 Å². The maximum Gasteiger partial charge on any atom is 0.307 e. The van der Waals surface area contributed by atoms with Crippen LogP contribution in [0.2, 0.25) is 0 Å². The molecule has 2 heterocycles. The molecule has 1 aliphatic heterocycles. The number of aromatic amines is 1. The van der Waals surface area contributed by atoms with Gasteiger partial charge in [-0.1, -0.05) is 0 Å². The van der Waals surface area contributed by atoms with Crippen molar-refractivity contribution in [2.75, 3.05) is 0 Å². The quantitative estimate of drug-likeness (QED) is 0.272. The minimum absolute atomic E-state index is 0.0716. The van der Waals surface area contributed by atoms with Gasteiger partial charge in [0.1, 0.15) is 0 Å². The maximum absolute atomic E-state index is 12.4. The number of hydrogen-bond donors (Lipinski definition) is 6. The maximum atomic E-state index is 12.4. The molecule has 1 amide bonds. The van der Waals surface area contributed by atoms with Gasteiger partial charge in [0.05, 0.1) is 18.9 Å². The average molecular weight is 436 g/mol. The summed E-state index contributed by atoms with van der Waals surface area (Å²) in [5, 5.41) is 39.1. The Balaban J connectivity index is 2.41. The van der Waals surface area contributed by atoms with Gasteiger partial charge >= 0.3 is 23.9 Å². The minimum Gasteiger partial charge on any atom is -0.481 e. The molecule has 1 aliphatic rings. The first-order valence-corrected chi connectivity index (χ1v) is 9.58. The predicted molar refractivity (Wildman–Crippen MR) is 105 cm³/mol. The van der Waals surface area contributed by atoms with Crippen molar-refractivity contribution in [3.05, 3.63) is 33.7 Å². The van der Waals surface area contributed by atoms with E-state index in [1.165, 1.54) is 0 Å². The fourth-order valence-corrected chi connectivity index (χ4v) is 3.85. The van der Waals surface area contributed by atoms with Gasteiger partial charge in [0.25, 0.3) is 0 Å². The van der Waals surface area contributed by atoms with Crippen molar-refractivity contribution < 1.29 is 44.4 Å². The van der Waals surface area contributed by atoms with E-state index in [4.69, 9.17) is 10.2 Å². The number of rotatable bonds is 12. The summed E-state index contributed by atoms with van der Waals surface area (Å²) >= 11 is 0. The van der Waals surface area contributed by atoms with Crippen LogP contribution in [-0.4, -0.2) is 61.2 Å². The molecule has 0 fully saturated rings. The Morgan fingerprint density at radius 3 is 1.97 bits per heavy atom. The molecule has 6 N–H and O–H groups in total. The van der Waals surface area contributed by atoms with Gasteiger partial charge in [-0.3, -0.25) is 24.0 Å². The van der Waals surface area contributed by atoms with Crippen molar-refractivity contribution in [3.63, 3.8) is 0 Å².